The van der Waals surface area contributed by atoms with Crippen LogP contribution in [0.4, 0.5) is 10.1 Å². The number of nitrogens with zero attached hydrogens (tertiary/aromatic N) is 2. The van der Waals surface area contributed by atoms with Crippen molar-refractivity contribution in [1.82, 2.24) is 10.2 Å². The summed E-state index contributed by atoms with van der Waals surface area (Å²) in [6.07, 6.45) is 1.56. The van der Waals surface area contributed by atoms with Crippen LogP contribution in [0, 0.1) is 5.82 Å². The van der Waals surface area contributed by atoms with Gasteiger partial charge in [-0.2, -0.15) is 0 Å². The topological polar surface area (TPSA) is 86.8 Å². The van der Waals surface area contributed by atoms with E-state index in [9.17, 15) is 22.4 Å². The van der Waals surface area contributed by atoms with Gasteiger partial charge in [-0.25, -0.2) is 12.8 Å². The Hall–Kier alpha value is -2.36. The number of anilines is 1. The lowest BCUT2D eigenvalue weighted by atomic mass is 10.1. The van der Waals surface area contributed by atoms with Gasteiger partial charge in [0.15, 0.2) is 0 Å². The maximum Gasteiger partial charge on any atom is 0.242 e. The summed E-state index contributed by atoms with van der Waals surface area (Å²) in [4.78, 5) is 27.1. The number of hydrogen-bond acceptors (Lipinski definition) is 4. The minimum Gasteiger partial charge on any atom is -0.357 e. The average molecular weight is 532 g/mol. The molecule has 1 N–H and O–H groups in total. The summed E-state index contributed by atoms with van der Waals surface area (Å²) in [6.45, 7) is 1.82. The summed E-state index contributed by atoms with van der Waals surface area (Å²) in [7, 11) is -2.17. The molecule has 0 fully saturated rings. The Morgan fingerprint density at radius 1 is 1.09 bits per heavy atom. The first kappa shape index (κ1) is 27.9. The van der Waals surface area contributed by atoms with E-state index in [1.54, 1.807) is 25.1 Å². The van der Waals surface area contributed by atoms with Gasteiger partial charge in [-0.1, -0.05) is 36.2 Å². The fourth-order valence-corrected chi connectivity index (χ4v) is 5.03. The fourth-order valence-electron chi connectivity index (χ4n) is 3.55. The number of likely N-dealkylation sites (N-methyl/N-ethyl adjacent to an activating group) is 1. The van der Waals surface area contributed by atoms with Crippen molar-refractivity contribution in [3.05, 3.63) is 63.9 Å². The number of carbonyl (C=O) groups is 2. The van der Waals surface area contributed by atoms with Crippen LogP contribution in [0.25, 0.3) is 0 Å². The molecule has 2 aromatic rings. The molecule has 2 aromatic carbocycles. The number of benzene rings is 2. The van der Waals surface area contributed by atoms with E-state index in [1.165, 1.54) is 36.2 Å². The molecule has 0 bridgehead atoms. The van der Waals surface area contributed by atoms with Gasteiger partial charge in [-0.05, 0) is 49.2 Å². The van der Waals surface area contributed by atoms with Crippen LogP contribution >= 0.6 is 23.2 Å². The van der Waals surface area contributed by atoms with E-state index in [0.717, 1.165) is 10.6 Å². The summed E-state index contributed by atoms with van der Waals surface area (Å²) in [5.74, 6) is -1.16. The van der Waals surface area contributed by atoms with Gasteiger partial charge >= 0.3 is 0 Å². The van der Waals surface area contributed by atoms with Crippen LogP contribution < -0.4 is 9.62 Å². The summed E-state index contributed by atoms with van der Waals surface area (Å²) in [5.41, 5.74) is 0.818. The monoisotopic (exact) mass is 531 g/mol. The van der Waals surface area contributed by atoms with E-state index in [2.05, 4.69) is 5.32 Å². The van der Waals surface area contributed by atoms with E-state index in [0.29, 0.717) is 27.7 Å². The molecular formula is C23H28Cl2FN3O4S. The van der Waals surface area contributed by atoms with Crippen molar-refractivity contribution in [2.45, 2.75) is 38.8 Å². The Labute approximate surface area is 209 Å². The molecule has 2 rings (SSSR count). The number of carbonyl (C=O) groups excluding carboxylic acids is 2. The summed E-state index contributed by atoms with van der Waals surface area (Å²) in [5, 5.41) is 3.31. The Kier molecular flexibility index (Phi) is 10.1. The molecule has 34 heavy (non-hydrogen) atoms. The van der Waals surface area contributed by atoms with E-state index >= 15 is 0 Å². The number of nitrogens with one attached hydrogen (secondary N) is 1. The molecule has 0 aliphatic rings. The lowest BCUT2D eigenvalue weighted by Gasteiger charge is -2.31. The molecule has 0 heterocycles. The highest BCUT2D eigenvalue weighted by Gasteiger charge is 2.29. The van der Waals surface area contributed by atoms with Gasteiger partial charge in [-0.3, -0.25) is 13.9 Å². The van der Waals surface area contributed by atoms with Crippen molar-refractivity contribution in [2.24, 2.45) is 0 Å². The predicted octanol–water partition coefficient (Wildman–Crippen LogP) is 4.23. The zero-order valence-electron chi connectivity index (χ0n) is 19.2. The predicted molar refractivity (Wildman–Crippen MR) is 133 cm³/mol. The van der Waals surface area contributed by atoms with Crippen molar-refractivity contribution in [2.75, 3.05) is 24.2 Å². The maximum atomic E-state index is 13.3. The fraction of sp³-hybridized carbons (Fsp3) is 0.391. The van der Waals surface area contributed by atoms with E-state index in [1.807, 2.05) is 0 Å². The molecule has 0 aliphatic heterocycles. The third-order valence-electron chi connectivity index (χ3n) is 5.29. The molecule has 0 aliphatic carbocycles. The molecule has 186 valence electrons. The van der Waals surface area contributed by atoms with Gasteiger partial charge in [0.25, 0.3) is 0 Å². The zero-order valence-corrected chi connectivity index (χ0v) is 21.6. The molecular weight excluding hydrogens is 504 g/mol. The number of hydrogen-bond donors (Lipinski definition) is 1. The zero-order chi connectivity index (χ0) is 25.5. The highest BCUT2D eigenvalue weighted by Crippen LogP contribution is 2.27. The van der Waals surface area contributed by atoms with Gasteiger partial charge in [0, 0.05) is 42.2 Å². The highest BCUT2D eigenvalue weighted by atomic mass is 35.5. The number of sulfonamides is 1. The first-order valence-electron chi connectivity index (χ1n) is 10.7. The molecule has 1 atom stereocenters. The van der Waals surface area contributed by atoms with Gasteiger partial charge in [0.1, 0.15) is 11.9 Å². The van der Waals surface area contributed by atoms with Crippen molar-refractivity contribution in [3.63, 3.8) is 0 Å². The Balaban J connectivity index is 2.23. The van der Waals surface area contributed by atoms with Crippen LogP contribution in [0.5, 0.6) is 0 Å². The second-order valence-electron chi connectivity index (χ2n) is 7.68. The summed E-state index contributed by atoms with van der Waals surface area (Å²) in [6, 6.07) is 9.30. The largest absolute Gasteiger partial charge is 0.357 e. The van der Waals surface area contributed by atoms with Gasteiger partial charge in [0.2, 0.25) is 21.8 Å². The molecule has 0 aromatic heterocycles. The Morgan fingerprint density at radius 2 is 1.68 bits per heavy atom. The number of halogens is 3. The van der Waals surface area contributed by atoms with Gasteiger partial charge < -0.3 is 10.2 Å². The minimum atomic E-state index is -3.66. The second kappa shape index (κ2) is 12.4. The molecule has 0 radical (unpaired) electrons. The second-order valence-corrected chi connectivity index (χ2v) is 10.4. The lowest BCUT2D eigenvalue weighted by molar-refractivity contribution is -0.141. The highest BCUT2D eigenvalue weighted by molar-refractivity contribution is 7.92. The molecule has 0 saturated heterocycles. The molecule has 0 saturated carbocycles. The molecule has 11 heteroatoms. The normalized spacial score (nSPS) is 12.2. The van der Waals surface area contributed by atoms with Gasteiger partial charge in [0.05, 0.1) is 11.9 Å². The maximum absolute atomic E-state index is 13.3. The van der Waals surface area contributed by atoms with Crippen molar-refractivity contribution in [1.29, 1.82) is 0 Å². The first-order chi connectivity index (χ1) is 16.0. The standard InChI is InChI=1S/C23H28Cl2FN3O4S/c1-4-21(23(31)27-2)28(15-18-19(24)7-5-8-20(18)25)22(30)9-6-14-29(34(3,32)33)17-12-10-16(26)11-13-17/h5,7-8,10-13,21H,4,6,9,14-15H2,1-3H3,(H,27,31)/t21-/m1/s1. The van der Waals surface area contributed by atoms with Crippen molar-refractivity contribution >= 4 is 50.7 Å². The molecule has 0 unspecified atom stereocenters. The average Bonchev–Trinajstić information content (AvgIpc) is 2.78. The van der Waals surface area contributed by atoms with Crippen LogP contribution in [0.2, 0.25) is 10.0 Å². The van der Waals surface area contributed by atoms with Crippen molar-refractivity contribution in [3.8, 4) is 0 Å². The first-order valence-corrected chi connectivity index (χ1v) is 13.3. The van der Waals surface area contributed by atoms with Crippen LogP contribution in [0.1, 0.15) is 31.7 Å². The quantitative estimate of drug-likeness (QED) is 0.469. The van der Waals surface area contributed by atoms with Crippen LogP contribution in [-0.4, -0.2) is 51.0 Å². The van der Waals surface area contributed by atoms with E-state index in [4.69, 9.17) is 23.2 Å². The van der Waals surface area contributed by atoms with Crippen LogP contribution in [-0.2, 0) is 26.2 Å². The number of amides is 2. The summed E-state index contributed by atoms with van der Waals surface area (Å²) >= 11 is 12.6. The van der Waals surface area contributed by atoms with E-state index < -0.39 is 21.9 Å². The van der Waals surface area contributed by atoms with Crippen LogP contribution in [0.3, 0.4) is 0 Å². The molecule has 7 nitrogen and oxygen atoms in total. The SMILES string of the molecule is CC[C@H](C(=O)NC)N(Cc1c(Cl)cccc1Cl)C(=O)CCCN(c1ccc(F)cc1)S(C)(=O)=O. The Bertz CT molecular complexity index is 1090. The molecule has 0 spiro atoms. The van der Waals surface area contributed by atoms with Crippen LogP contribution in [0.15, 0.2) is 42.5 Å². The molecule has 2 amide bonds. The minimum absolute atomic E-state index is 0.00760. The third kappa shape index (κ3) is 7.32. The smallest absolute Gasteiger partial charge is 0.242 e. The lowest BCUT2D eigenvalue weighted by Crippen LogP contribution is -2.48. The summed E-state index contributed by atoms with van der Waals surface area (Å²) < 4.78 is 38.9. The Morgan fingerprint density at radius 3 is 2.18 bits per heavy atom. The van der Waals surface area contributed by atoms with Gasteiger partial charge in [-0.15, -0.1) is 0 Å². The third-order valence-corrected chi connectivity index (χ3v) is 7.19. The number of rotatable bonds is 11. The van der Waals surface area contributed by atoms with Crippen molar-refractivity contribution < 1.29 is 22.4 Å². The van der Waals surface area contributed by atoms with E-state index in [-0.39, 0.29) is 37.7 Å².